The van der Waals surface area contributed by atoms with Crippen LogP contribution in [-0.4, -0.2) is 6.61 Å². The number of hydrogen-bond acceptors (Lipinski definition) is 1. The van der Waals surface area contributed by atoms with Gasteiger partial charge in [0.1, 0.15) is 5.75 Å². The number of hydrogen-bond donors (Lipinski definition) is 0. The van der Waals surface area contributed by atoms with Crippen LogP contribution in [0, 0.1) is 3.57 Å². The lowest BCUT2D eigenvalue weighted by Crippen LogP contribution is -2.01. The molecule has 2 rings (SSSR count). The average molecular weight is 320 g/mol. The SMILES string of the molecule is FC(F)Oc1ccc2c(I)cccc2c1. The van der Waals surface area contributed by atoms with Gasteiger partial charge in [-0.3, -0.25) is 0 Å². The third-order valence-electron chi connectivity index (χ3n) is 2.02. The summed E-state index contributed by atoms with van der Waals surface area (Å²) in [6.07, 6.45) is 0. The third-order valence-corrected chi connectivity index (χ3v) is 2.96. The molecule has 0 aliphatic rings. The van der Waals surface area contributed by atoms with Crippen molar-refractivity contribution in [2.45, 2.75) is 6.61 Å². The number of benzene rings is 2. The van der Waals surface area contributed by atoms with E-state index in [1.807, 2.05) is 18.2 Å². The van der Waals surface area contributed by atoms with Gasteiger partial charge < -0.3 is 4.74 Å². The van der Waals surface area contributed by atoms with Crippen molar-refractivity contribution in [2.75, 3.05) is 0 Å². The fourth-order valence-electron chi connectivity index (χ4n) is 1.40. The molecule has 0 saturated heterocycles. The molecule has 0 atom stereocenters. The van der Waals surface area contributed by atoms with Crippen molar-refractivity contribution in [2.24, 2.45) is 0 Å². The van der Waals surface area contributed by atoms with Gasteiger partial charge in [0.15, 0.2) is 0 Å². The molecular formula is C11H7F2IO. The molecule has 15 heavy (non-hydrogen) atoms. The van der Waals surface area contributed by atoms with E-state index in [1.54, 1.807) is 18.2 Å². The second kappa shape index (κ2) is 4.30. The van der Waals surface area contributed by atoms with Crippen LogP contribution in [-0.2, 0) is 0 Å². The van der Waals surface area contributed by atoms with Crippen molar-refractivity contribution in [3.63, 3.8) is 0 Å². The Morgan fingerprint density at radius 2 is 1.93 bits per heavy atom. The molecule has 1 nitrogen and oxygen atoms in total. The van der Waals surface area contributed by atoms with Gasteiger partial charge in [-0.1, -0.05) is 12.1 Å². The Labute approximate surface area is 99.2 Å². The minimum Gasteiger partial charge on any atom is -0.435 e. The molecule has 0 spiro atoms. The lowest BCUT2D eigenvalue weighted by Gasteiger charge is -2.06. The Bertz CT molecular complexity index is 485. The third kappa shape index (κ3) is 2.37. The Kier molecular flexibility index (Phi) is 3.04. The van der Waals surface area contributed by atoms with E-state index in [0.29, 0.717) is 0 Å². The van der Waals surface area contributed by atoms with Crippen LogP contribution < -0.4 is 4.74 Å². The average Bonchev–Trinajstić information content (AvgIpc) is 2.17. The van der Waals surface area contributed by atoms with Gasteiger partial charge in [0.25, 0.3) is 0 Å². The molecule has 0 heterocycles. The standard InChI is InChI=1S/C11H7F2IO/c12-11(13)15-8-4-5-9-7(6-8)2-1-3-10(9)14/h1-6,11H. The molecule has 0 N–H and O–H groups in total. The number of rotatable bonds is 2. The van der Waals surface area contributed by atoms with Crippen LogP contribution in [0.25, 0.3) is 10.8 Å². The van der Waals surface area contributed by atoms with Crippen LogP contribution in [0.4, 0.5) is 8.78 Å². The first-order valence-electron chi connectivity index (χ1n) is 4.30. The largest absolute Gasteiger partial charge is 0.435 e. The zero-order valence-corrected chi connectivity index (χ0v) is 9.74. The summed E-state index contributed by atoms with van der Waals surface area (Å²) in [6.45, 7) is -2.77. The Balaban J connectivity index is 2.48. The highest BCUT2D eigenvalue weighted by atomic mass is 127. The lowest BCUT2D eigenvalue weighted by atomic mass is 10.1. The van der Waals surface area contributed by atoms with Gasteiger partial charge in [-0.05, 0) is 57.6 Å². The molecule has 0 unspecified atom stereocenters. The topological polar surface area (TPSA) is 9.23 Å². The van der Waals surface area contributed by atoms with Crippen LogP contribution in [0.15, 0.2) is 36.4 Å². The van der Waals surface area contributed by atoms with E-state index in [9.17, 15) is 8.78 Å². The van der Waals surface area contributed by atoms with Crippen LogP contribution in [0.2, 0.25) is 0 Å². The molecule has 78 valence electrons. The quantitative estimate of drug-likeness (QED) is 0.759. The Hall–Kier alpha value is -0.910. The maximum Gasteiger partial charge on any atom is 0.387 e. The highest BCUT2D eigenvalue weighted by Crippen LogP contribution is 2.25. The van der Waals surface area contributed by atoms with Crippen LogP contribution >= 0.6 is 22.6 Å². The summed E-state index contributed by atoms with van der Waals surface area (Å²) in [5.74, 6) is 0.194. The molecule has 0 bridgehead atoms. The van der Waals surface area contributed by atoms with Gasteiger partial charge >= 0.3 is 6.61 Å². The summed E-state index contributed by atoms with van der Waals surface area (Å²) in [5.41, 5.74) is 0. The van der Waals surface area contributed by atoms with Crippen molar-refractivity contribution < 1.29 is 13.5 Å². The molecule has 0 aliphatic carbocycles. The molecule has 0 aromatic heterocycles. The number of fused-ring (bicyclic) bond motifs is 1. The molecule has 0 aliphatic heterocycles. The molecule has 0 saturated carbocycles. The van der Waals surface area contributed by atoms with E-state index in [1.165, 1.54) is 0 Å². The molecule has 0 radical (unpaired) electrons. The number of alkyl halides is 2. The zero-order chi connectivity index (χ0) is 10.8. The molecule has 0 fully saturated rings. The van der Waals surface area contributed by atoms with Crippen molar-refractivity contribution in [3.05, 3.63) is 40.0 Å². The minimum atomic E-state index is -2.77. The van der Waals surface area contributed by atoms with Gasteiger partial charge in [-0.15, -0.1) is 0 Å². The van der Waals surface area contributed by atoms with Crippen LogP contribution in [0.1, 0.15) is 0 Å². The number of halogens is 3. The Morgan fingerprint density at radius 1 is 1.13 bits per heavy atom. The van der Waals surface area contributed by atoms with Gasteiger partial charge in [0.05, 0.1) is 0 Å². The number of ether oxygens (including phenoxy) is 1. The summed E-state index contributed by atoms with van der Waals surface area (Å²) in [6, 6.07) is 10.7. The fraction of sp³-hybridized carbons (Fsp3) is 0.0909. The van der Waals surface area contributed by atoms with Gasteiger partial charge in [0, 0.05) is 3.57 Å². The van der Waals surface area contributed by atoms with Crippen molar-refractivity contribution in [1.29, 1.82) is 0 Å². The van der Waals surface area contributed by atoms with Crippen molar-refractivity contribution >= 4 is 33.4 Å². The van der Waals surface area contributed by atoms with Crippen molar-refractivity contribution in [1.82, 2.24) is 0 Å². The maximum atomic E-state index is 12.0. The van der Waals surface area contributed by atoms with E-state index in [4.69, 9.17) is 0 Å². The fourth-order valence-corrected chi connectivity index (χ4v) is 2.10. The van der Waals surface area contributed by atoms with Gasteiger partial charge in [0.2, 0.25) is 0 Å². The summed E-state index contributed by atoms with van der Waals surface area (Å²) in [4.78, 5) is 0. The molecule has 0 amide bonds. The summed E-state index contributed by atoms with van der Waals surface area (Å²) in [5, 5.41) is 1.94. The van der Waals surface area contributed by atoms with E-state index < -0.39 is 6.61 Å². The van der Waals surface area contributed by atoms with Gasteiger partial charge in [-0.25, -0.2) is 0 Å². The summed E-state index contributed by atoms with van der Waals surface area (Å²) in [7, 11) is 0. The molecule has 4 heteroatoms. The first kappa shape index (κ1) is 10.6. The van der Waals surface area contributed by atoms with E-state index in [-0.39, 0.29) is 5.75 Å². The lowest BCUT2D eigenvalue weighted by molar-refractivity contribution is -0.0497. The second-order valence-corrected chi connectivity index (χ2v) is 4.16. The highest BCUT2D eigenvalue weighted by Gasteiger charge is 2.05. The molecule has 2 aromatic carbocycles. The monoisotopic (exact) mass is 320 g/mol. The second-order valence-electron chi connectivity index (χ2n) is 3.00. The van der Waals surface area contributed by atoms with E-state index >= 15 is 0 Å². The summed E-state index contributed by atoms with van der Waals surface area (Å²) < 4.78 is 29.4. The van der Waals surface area contributed by atoms with Crippen molar-refractivity contribution in [3.8, 4) is 5.75 Å². The van der Waals surface area contributed by atoms with E-state index in [0.717, 1.165) is 14.3 Å². The highest BCUT2D eigenvalue weighted by molar-refractivity contribution is 14.1. The van der Waals surface area contributed by atoms with Crippen LogP contribution in [0.5, 0.6) is 5.75 Å². The predicted octanol–water partition coefficient (Wildman–Crippen LogP) is 4.05. The maximum absolute atomic E-state index is 12.0. The summed E-state index contributed by atoms with van der Waals surface area (Å²) >= 11 is 2.21. The Morgan fingerprint density at radius 3 is 2.67 bits per heavy atom. The predicted molar refractivity (Wildman–Crippen MR) is 63.3 cm³/mol. The minimum absolute atomic E-state index is 0.194. The first-order valence-corrected chi connectivity index (χ1v) is 5.38. The van der Waals surface area contributed by atoms with E-state index in [2.05, 4.69) is 27.3 Å². The molecule has 2 aromatic rings. The smallest absolute Gasteiger partial charge is 0.387 e. The first-order chi connectivity index (χ1) is 7.16. The normalized spacial score (nSPS) is 10.9. The van der Waals surface area contributed by atoms with Gasteiger partial charge in [-0.2, -0.15) is 8.78 Å². The molecular weight excluding hydrogens is 313 g/mol. The van der Waals surface area contributed by atoms with Crippen LogP contribution in [0.3, 0.4) is 0 Å². The zero-order valence-electron chi connectivity index (χ0n) is 7.58.